The standard InChI is InChI=1S/C26H21Cl2N3O6S.Na/c1-3-14-10-17(38(34,35)36)13-21(23(14)28)30-31-24-18-7-5-4-6-15(18)11-19(25(24)32)26(33)29-16-8-9-20(27)22(12-16)37-2;/h4-13,32H,3H2,1-2H3,(H,29,33)(H,34,35,36);/q;+1/p-1. The molecule has 9 nitrogen and oxygen atoms in total. The van der Waals surface area contributed by atoms with Crippen LogP contribution in [0.5, 0.6) is 11.5 Å². The number of halogens is 2. The van der Waals surface area contributed by atoms with Crippen molar-refractivity contribution in [1.82, 2.24) is 0 Å². The number of methoxy groups -OCH3 is 1. The molecule has 0 aliphatic rings. The van der Waals surface area contributed by atoms with Gasteiger partial charge in [0.05, 0.1) is 27.7 Å². The van der Waals surface area contributed by atoms with Crippen LogP contribution in [-0.4, -0.2) is 26.0 Å². The molecule has 0 unspecified atom stereocenters. The molecule has 196 valence electrons. The van der Waals surface area contributed by atoms with Gasteiger partial charge in [0.2, 0.25) is 0 Å². The number of azo groups is 1. The van der Waals surface area contributed by atoms with E-state index in [-0.39, 0.29) is 51.5 Å². The molecule has 0 heterocycles. The second-order valence-corrected chi connectivity index (χ2v) is 10.3. The van der Waals surface area contributed by atoms with Gasteiger partial charge in [-0.25, -0.2) is 0 Å². The van der Waals surface area contributed by atoms with E-state index in [0.29, 0.717) is 39.2 Å². The van der Waals surface area contributed by atoms with Crippen LogP contribution in [-0.2, 0) is 16.5 Å². The SMILES string of the molecule is CCc1cc(S(=O)(=O)O)cc(N=Nc2c([O-])c(C(=O)Nc3ccc(Cl)c(OC)c3)cc3ccccc23)c1Cl.[Na+]. The maximum atomic E-state index is 13.4. The zero-order valence-corrected chi connectivity index (χ0v) is 25.4. The van der Waals surface area contributed by atoms with Crippen molar-refractivity contribution in [2.75, 3.05) is 12.4 Å². The number of nitrogens with zero attached hydrogens (tertiary/aromatic N) is 2. The summed E-state index contributed by atoms with van der Waals surface area (Å²) in [5, 5.41) is 25.6. The molecular weight excluding hydrogens is 576 g/mol. The molecule has 4 aromatic carbocycles. The Morgan fingerprint density at radius 3 is 2.46 bits per heavy atom. The summed E-state index contributed by atoms with van der Waals surface area (Å²) in [6, 6.07) is 15.1. The molecule has 0 radical (unpaired) electrons. The number of rotatable bonds is 7. The third-order valence-electron chi connectivity index (χ3n) is 5.67. The minimum atomic E-state index is -4.55. The zero-order chi connectivity index (χ0) is 27.6. The Kier molecular flexibility index (Phi) is 10.0. The Morgan fingerprint density at radius 2 is 1.79 bits per heavy atom. The van der Waals surface area contributed by atoms with Gasteiger partial charge < -0.3 is 15.2 Å². The first-order valence-corrected chi connectivity index (χ1v) is 13.3. The largest absolute Gasteiger partial charge is 1.00 e. The van der Waals surface area contributed by atoms with Gasteiger partial charge in [0.1, 0.15) is 11.4 Å². The molecule has 0 saturated heterocycles. The quantitative estimate of drug-likeness (QED) is 0.189. The second kappa shape index (κ2) is 12.6. The second-order valence-electron chi connectivity index (χ2n) is 8.07. The van der Waals surface area contributed by atoms with Gasteiger partial charge in [-0.05, 0) is 47.7 Å². The summed E-state index contributed by atoms with van der Waals surface area (Å²) >= 11 is 12.4. The van der Waals surface area contributed by atoms with E-state index >= 15 is 0 Å². The monoisotopic (exact) mass is 595 g/mol. The summed E-state index contributed by atoms with van der Waals surface area (Å²) in [5.74, 6) is -1.06. The number of ether oxygens (including phenoxy) is 1. The molecule has 4 rings (SSSR count). The minimum Gasteiger partial charge on any atom is -0.870 e. The molecule has 13 heteroatoms. The first-order chi connectivity index (χ1) is 18.0. The predicted molar refractivity (Wildman–Crippen MR) is 144 cm³/mol. The maximum absolute atomic E-state index is 13.4. The summed E-state index contributed by atoms with van der Waals surface area (Å²) in [6.07, 6.45) is 0.353. The first kappa shape index (κ1) is 30.8. The fourth-order valence-corrected chi connectivity index (χ4v) is 4.76. The maximum Gasteiger partial charge on any atom is 1.00 e. The van der Waals surface area contributed by atoms with Crippen LogP contribution >= 0.6 is 23.2 Å². The summed E-state index contributed by atoms with van der Waals surface area (Å²) in [7, 11) is -3.11. The summed E-state index contributed by atoms with van der Waals surface area (Å²) in [6.45, 7) is 1.75. The Balaban J connectivity index is 0.00000420. The zero-order valence-electron chi connectivity index (χ0n) is 21.0. The van der Waals surface area contributed by atoms with Crippen molar-refractivity contribution in [3.63, 3.8) is 0 Å². The van der Waals surface area contributed by atoms with Crippen molar-refractivity contribution in [2.45, 2.75) is 18.2 Å². The van der Waals surface area contributed by atoms with Crippen molar-refractivity contribution >= 4 is 67.1 Å². The van der Waals surface area contributed by atoms with Gasteiger partial charge in [0.15, 0.2) is 0 Å². The van der Waals surface area contributed by atoms with Crippen molar-refractivity contribution in [2.24, 2.45) is 10.2 Å². The Morgan fingerprint density at radius 1 is 1.08 bits per heavy atom. The van der Waals surface area contributed by atoms with Gasteiger partial charge in [-0.2, -0.15) is 13.5 Å². The van der Waals surface area contributed by atoms with Gasteiger partial charge in [0, 0.05) is 22.7 Å². The summed E-state index contributed by atoms with van der Waals surface area (Å²) in [4.78, 5) is 12.7. The molecule has 0 spiro atoms. The van der Waals surface area contributed by atoms with E-state index in [4.69, 9.17) is 27.9 Å². The van der Waals surface area contributed by atoms with Crippen LogP contribution in [0.3, 0.4) is 0 Å². The van der Waals surface area contributed by atoms with Crippen LogP contribution in [0.4, 0.5) is 17.1 Å². The van der Waals surface area contributed by atoms with E-state index in [9.17, 15) is 22.9 Å². The fourth-order valence-electron chi connectivity index (χ4n) is 3.74. The van der Waals surface area contributed by atoms with E-state index in [2.05, 4.69) is 15.5 Å². The molecule has 0 bridgehead atoms. The molecule has 0 aromatic heterocycles. The van der Waals surface area contributed by atoms with E-state index < -0.39 is 26.7 Å². The number of aryl methyl sites for hydroxylation is 1. The van der Waals surface area contributed by atoms with Crippen LogP contribution in [0.1, 0.15) is 22.8 Å². The normalized spacial score (nSPS) is 11.4. The Bertz CT molecular complexity index is 1710. The van der Waals surface area contributed by atoms with Gasteiger partial charge >= 0.3 is 29.6 Å². The fraction of sp³-hybridized carbons (Fsp3) is 0.115. The smallest absolute Gasteiger partial charge is 0.870 e. The van der Waals surface area contributed by atoms with Crippen molar-refractivity contribution in [3.8, 4) is 11.5 Å². The minimum absolute atomic E-state index is 0. The average Bonchev–Trinajstić information content (AvgIpc) is 2.88. The molecule has 0 aliphatic carbocycles. The van der Waals surface area contributed by atoms with E-state index in [1.165, 1.54) is 25.3 Å². The Labute approximate surface area is 256 Å². The van der Waals surface area contributed by atoms with E-state index in [1.54, 1.807) is 43.3 Å². The number of nitrogens with one attached hydrogen (secondary N) is 1. The summed E-state index contributed by atoms with van der Waals surface area (Å²) < 4.78 is 38.1. The van der Waals surface area contributed by atoms with E-state index in [1.807, 2.05) is 0 Å². The average molecular weight is 596 g/mol. The van der Waals surface area contributed by atoms with Crippen molar-refractivity contribution < 1.29 is 57.2 Å². The number of carbonyl (C=O) groups is 1. The van der Waals surface area contributed by atoms with Crippen molar-refractivity contribution in [3.05, 3.63) is 81.8 Å². The van der Waals surface area contributed by atoms with Crippen molar-refractivity contribution in [1.29, 1.82) is 0 Å². The molecule has 39 heavy (non-hydrogen) atoms. The van der Waals surface area contributed by atoms with Gasteiger partial charge in [-0.3, -0.25) is 9.35 Å². The molecule has 0 atom stereocenters. The van der Waals surface area contributed by atoms with Gasteiger partial charge in [0.25, 0.3) is 16.0 Å². The van der Waals surface area contributed by atoms with E-state index in [0.717, 1.165) is 6.07 Å². The topological polar surface area (TPSA) is 140 Å². The first-order valence-electron chi connectivity index (χ1n) is 11.1. The summed E-state index contributed by atoms with van der Waals surface area (Å²) in [5.41, 5.74) is 0.361. The number of amides is 1. The number of carbonyl (C=O) groups excluding carboxylic acids is 1. The molecule has 0 fully saturated rings. The third-order valence-corrected chi connectivity index (χ3v) is 7.25. The molecule has 1 amide bonds. The number of anilines is 1. The van der Waals surface area contributed by atoms with Crippen LogP contribution in [0.25, 0.3) is 10.8 Å². The molecule has 0 aliphatic heterocycles. The number of hydrogen-bond acceptors (Lipinski definition) is 7. The van der Waals surface area contributed by atoms with Crippen LogP contribution in [0.15, 0.2) is 75.8 Å². The number of fused-ring (bicyclic) bond motifs is 1. The molecule has 2 N–H and O–H groups in total. The third kappa shape index (κ3) is 6.72. The molecule has 0 saturated carbocycles. The molecular formula is C26H20Cl2N3NaO6S. The van der Waals surface area contributed by atoms with Crippen LogP contribution in [0.2, 0.25) is 10.0 Å². The molecule has 4 aromatic rings. The van der Waals surface area contributed by atoms with Crippen LogP contribution in [0, 0.1) is 0 Å². The van der Waals surface area contributed by atoms with Gasteiger partial charge in [-0.1, -0.05) is 60.1 Å². The van der Waals surface area contributed by atoms with Crippen LogP contribution < -0.4 is 44.7 Å². The van der Waals surface area contributed by atoms with Gasteiger partial charge in [-0.15, -0.1) is 5.11 Å². The predicted octanol–water partition coefficient (Wildman–Crippen LogP) is 3.71. The Hall–Kier alpha value is -2.70. The number of benzene rings is 4. The number of hydrogen-bond donors (Lipinski definition) is 2.